The Kier molecular flexibility index (Phi) is 5.02. The Bertz CT molecular complexity index is 432. The summed E-state index contributed by atoms with van der Waals surface area (Å²) in [6, 6.07) is 5.23. The van der Waals surface area contributed by atoms with Gasteiger partial charge in [-0.3, -0.25) is 4.79 Å². The van der Waals surface area contributed by atoms with E-state index in [0.29, 0.717) is 5.69 Å². The van der Waals surface area contributed by atoms with E-state index >= 15 is 0 Å². The lowest BCUT2D eigenvalue weighted by molar-refractivity contribution is -0.274. The maximum absolute atomic E-state index is 12.0. The minimum atomic E-state index is -4.74. The molecule has 0 atom stereocenters. The molecule has 0 saturated carbocycles. The van der Waals surface area contributed by atoms with E-state index in [1.165, 1.54) is 18.2 Å². The Hall–Kier alpha value is -1.92. The van der Waals surface area contributed by atoms with Gasteiger partial charge in [-0.1, -0.05) is 6.07 Å². The third-order valence-corrected chi connectivity index (χ3v) is 1.87. The summed E-state index contributed by atoms with van der Waals surface area (Å²) in [5.74, 6) is -0.841. The van der Waals surface area contributed by atoms with Crippen LogP contribution in [0.3, 0.4) is 0 Å². The number of hydrogen-bond acceptors (Lipinski definition) is 4. The van der Waals surface area contributed by atoms with Crippen LogP contribution in [-0.2, 0) is 9.53 Å². The molecule has 1 aromatic rings. The minimum Gasteiger partial charge on any atom is -0.462 e. The zero-order valence-electron chi connectivity index (χ0n) is 10.5. The Balaban J connectivity index is 2.55. The first-order valence-electron chi connectivity index (χ1n) is 5.55. The zero-order valence-corrected chi connectivity index (χ0v) is 10.5. The molecule has 0 saturated heterocycles. The van der Waals surface area contributed by atoms with E-state index < -0.39 is 12.3 Å². The van der Waals surface area contributed by atoms with Crippen molar-refractivity contribution in [1.29, 1.82) is 0 Å². The Morgan fingerprint density at radius 3 is 2.63 bits per heavy atom. The SMILES string of the molecule is CC(C)OC(=O)CNc1cccc(OC(F)(F)F)c1. The number of carbonyl (C=O) groups excluding carboxylic acids is 1. The van der Waals surface area contributed by atoms with E-state index in [1.807, 2.05) is 0 Å². The number of esters is 1. The van der Waals surface area contributed by atoms with E-state index in [4.69, 9.17) is 4.74 Å². The molecule has 0 aliphatic rings. The molecule has 19 heavy (non-hydrogen) atoms. The molecule has 0 radical (unpaired) electrons. The summed E-state index contributed by atoms with van der Waals surface area (Å²) in [6.45, 7) is 3.28. The average molecular weight is 277 g/mol. The maximum atomic E-state index is 12.0. The molecule has 1 N–H and O–H groups in total. The van der Waals surface area contributed by atoms with Crippen LogP contribution >= 0.6 is 0 Å². The molecule has 0 bridgehead atoms. The number of halogens is 3. The third kappa shape index (κ3) is 6.54. The van der Waals surface area contributed by atoms with Gasteiger partial charge in [0.1, 0.15) is 12.3 Å². The van der Waals surface area contributed by atoms with Crippen molar-refractivity contribution in [3.8, 4) is 5.75 Å². The maximum Gasteiger partial charge on any atom is 0.573 e. The van der Waals surface area contributed by atoms with Gasteiger partial charge in [-0.05, 0) is 26.0 Å². The van der Waals surface area contributed by atoms with Crippen molar-refractivity contribution in [3.05, 3.63) is 24.3 Å². The Morgan fingerprint density at radius 1 is 1.37 bits per heavy atom. The van der Waals surface area contributed by atoms with Gasteiger partial charge in [-0.2, -0.15) is 0 Å². The molecule has 0 aliphatic carbocycles. The van der Waals surface area contributed by atoms with Crippen molar-refractivity contribution in [3.63, 3.8) is 0 Å². The van der Waals surface area contributed by atoms with Gasteiger partial charge in [-0.15, -0.1) is 13.2 Å². The second-order valence-corrected chi connectivity index (χ2v) is 3.97. The molecule has 0 fully saturated rings. The largest absolute Gasteiger partial charge is 0.573 e. The zero-order chi connectivity index (χ0) is 14.5. The van der Waals surface area contributed by atoms with Gasteiger partial charge in [0.05, 0.1) is 6.10 Å². The predicted octanol–water partition coefficient (Wildman–Crippen LogP) is 2.95. The number of anilines is 1. The molecule has 1 aromatic carbocycles. The number of benzene rings is 1. The first-order chi connectivity index (χ1) is 8.76. The van der Waals surface area contributed by atoms with E-state index in [2.05, 4.69) is 10.1 Å². The molecule has 4 nitrogen and oxygen atoms in total. The fourth-order valence-corrected chi connectivity index (χ4v) is 1.28. The molecule has 0 amide bonds. The number of rotatable bonds is 5. The van der Waals surface area contributed by atoms with Gasteiger partial charge in [0, 0.05) is 11.8 Å². The monoisotopic (exact) mass is 277 g/mol. The summed E-state index contributed by atoms with van der Waals surface area (Å²) in [5.41, 5.74) is 0.336. The van der Waals surface area contributed by atoms with Crippen molar-refractivity contribution in [2.75, 3.05) is 11.9 Å². The molecular formula is C12H14F3NO3. The first kappa shape index (κ1) is 15.1. The van der Waals surface area contributed by atoms with E-state index in [9.17, 15) is 18.0 Å². The number of hydrogen-bond donors (Lipinski definition) is 1. The number of carbonyl (C=O) groups is 1. The summed E-state index contributed by atoms with van der Waals surface area (Å²) >= 11 is 0. The second-order valence-electron chi connectivity index (χ2n) is 3.97. The fourth-order valence-electron chi connectivity index (χ4n) is 1.28. The number of nitrogens with one attached hydrogen (secondary N) is 1. The molecule has 0 unspecified atom stereocenters. The predicted molar refractivity (Wildman–Crippen MR) is 62.8 cm³/mol. The van der Waals surface area contributed by atoms with Gasteiger partial charge in [0.25, 0.3) is 0 Å². The topological polar surface area (TPSA) is 47.6 Å². The summed E-state index contributed by atoms with van der Waals surface area (Å²) in [6.07, 6.45) is -4.98. The highest BCUT2D eigenvalue weighted by Crippen LogP contribution is 2.24. The van der Waals surface area contributed by atoms with Crippen LogP contribution in [0.25, 0.3) is 0 Å². The lowest BCUT2D eigenvalue weighted by Crippen LogP contribution is -2.20. The Morgan fingerprint density at radius 2 is 2.05 bits per heavy atom. The van der Waals surface area contributed by atoms with Crippen LogP contribution in [0.15, 0.2) is 24.3 Å². The van der Waals surface area contributed by atoms with Crippen molar-refractivity contribution in [2.45, 2.75) is 26.3 Å². The molecule has 0 heterocycles. The molecule has 0 aromatic heterocycles. The van der Waals surface area contributed by atoms with E-state index in [0.717, 1.165) is 6.07 Å². The van der Waals surface area contributed by atoms with Crippen LogP contribution in [0.2, 0.25) is 0 Å². The van der Waals surface area contributed by atoms with E-state index in [1.54, 1.807) is 13.8 Å². The van der Waals surface area contributed by atoms with Gasteiger partial charge in [-0.25, -0.2) is 0 Å². The molecule has 7 heteroatoms. The standard InChI is InChI=1S/C12H14F3NO3/c1-8(2)18-11(17)7-16-9-4-3-5-10(6-9)19-12(13,14)15/h3-6,8,16H,7H2,1-2H3. The van der Waals surface area contributed by atoms with Crippen molar-refractivity contribution in [1.82, 2.24) is 0 Å². The quantitative estimate of drug-likeness (QED) is 0.841. The summed E-state index contributed by atoms with van der Waals surface area (Å²) in [7, 11) is 0. The summed E-state index contributed by atoms with van der Waals surface area (Å²) in [4.78, 5) is 11.2. The lowest BCUT2D eigenvalue weighted by atomic mass is 10.3. The van der Waals surface area contributed by atoms with Crippen molar-refractivity contribution in [2.24, 2.45) is 0 Å². The van der Waals surface area contributed by atoms with Gasteiger partial charge >= 0.3 is 12.3 Å². The average Bonchev–Trinajstić information content (AvgIpc) is 2.23. The Labute approximate surface area is 108 Å². The molecule has 0 spiro atoms. The minimum absolute atomic E-state index is 0.131. The van der Waals surface area contributed by atoms with Crippen LogP contribution in [0.1, 0.15) is 13.8 Å². The summed E-state index contributed by atoms with van der Waals surface area (Å²) < 4.78 is 44.7. The van der Waals surface area contributed by atoms with Crippen molar-refractivity contribution < 1.29 is 27.4 Å². The number of ether oxygens (including phenoxy) is 2. The summed E-state index contributed by atoms with van der Waals surface area (Å²) in [5, 5.41) is 2.65. The van der Waals surface area contributed by atoms with Crippen LogP contribution in [0.5, 0.6) is 5.75 Å². The van der Waals surface area contributed by atoms with Crippen LogP contribution < -0.4 is 10.1 Å². The lowest BCUT2D eigenvalue weighted by Gasteiger charge is -2.12. The van der Waals surface area contributed by atoms with Gasteiger partial charge in [0.15, 0.2) is 0 Å². The van der Waals surface area contributed by atoms with E-state index in [-0.39, 0.29) is 18.4 Å². The first-order valence-corrected chi connectivity index (χ1v) is 5.55. The molecular weight excluding hydrogens is 263 g/mol. The smallest absolute Gasteiger partial charge is 0.462 e. The second kappa shape index (κ2) is 6.31. The van der Waals surface area contributed by atoms with Crippen LogP contribution in [0.4, 0.5) is 18.9 Å². The van der Waals surface area contributed by atoms with Crippen molar-refractivity contribution >= 4 is 11.7 Å². The normalized spacial score (nSPS) is 11.3. The highest BCUT2D eigenvalue weighted by molar-refractivity contribution is 5.75. The third-order valence-electron chi connectivity index (χ3n) is 1.87. The fraction of sp³-hybridized carbons (Fsp3) is 0.417. The highest BCUT2D eigenvalue weighted by atomic mass is 19.4. The molecule has 1 rings (SSSR count). The number of alkyl halides is 3. The van der Waals surface area contributed by atoms with Gasteiger partial charge < -0.3 is 14.8 Å². The molecule has 106 valence electrons. The highest BCUT2D eigenvalue weighted by Gasteiger charge is 2.31. The van der Waals surface area contributed by atoms with Gasteiger partial charge in [0.2, 0.25) is 0 Å². The van der Waals surface area contributed by atoms with Crippen LogP contribution in [0, 0.1) is 0 Å². The van der Waals surface area contributed by atoms with Crippen LogP contribution in [-0.4, -0.2) is 25.0 Å². The molecule has 0 aliphatic heterocycles.